The van der Waals surface area contributed by atoms with E-state index < -0.39 is 0 Å². The Labute approximate surface area is 117 Å². The van der Waals surface area contributed by atoms with Crippen LogP contribution in [0.2, 0.25) is 0 Å². The van der Waals surface area contributed by atoms with Gasteiger partial charge in [-0.25, -0.2) is 0 Å². The molecule has 1 aliphatic heterocycles. The van der Waals surface area contributed by atoms with Crippen LogP contribution in [0.5, 0.6) is 0 Å². The van der Waals surface area contributed by atoms with E-state index in [-0.39, 0.29) is 0 Å². The Kier molecular flexibility index (Phi) is 5.01. The van der Waals surface area contributed by atoms with Crippen LogP contribution in [0, 0.1) is 11.3 Å². The number of thioether (sulfide) groups is 1. The smallest absolute Gasteiger partial charge is 0.0156 e. The maximum absolute atomic E-state index is 3.61. The van der Waals surface area contributed by atoms with Crippen molar-refractivity contribution in [1.82, 2.24) is 10.2 Å². The molecular formula is C15H30N2S. The molecule has 0 aromatic carbocycles. The van der Waals surface area contributed by atoms with Gasteiger partial charge in [-0.3, -0.25) is 0 Å². The third-order valence-corrected chi connectivity index (χ3v) is 5.97. The van der Waals surface area contributed by atoms with Gasteiger partial charge in [0.25, 0.3) is 0 Å². The number of hydrogen-bond donors (Lipinski definition) is 1. The van der Waals surface area contributed by atoms with Crippen molar-refractivity contribution in [1.29, 1.82) is 0 Å². The minimum atomic E-state index is 0.466. The van der Waals surface area contributed by atoms with Crippen molar-refractivity contribution in [3.8, 4) is 0 Å². The van der Waals surface area contributed by atoms with E-state index in [0.29, 0.717) is 11.5 Å². The SMILES string of the molecule is CNC1C(CN2CCSC(C)C2)CCCC1(C)C. The highest BCUT2D eigenvalue weighted by atomic mass is 32.2. The van der Waals surface area contributed by atoms with Crippen LogP contribution in [0.3, 0.4) is 0 Å². The monoisotopic (exact) mass is 270 g/mol. The second kappa shape index (κ2) is 6.15. The summed E-state index contributed by atoms with van der Waals surface area (Å²) in [5.41, 5.74) is 0.466. The van der Waals surface area contributed by atoms with Gasteiger partial charge < -0.3 is 10.2 Å². The zero-order chi connectivity index (χ0) is 13.2. The molecule has 3 heteroatoms. The summed E-state index contributed by atoms with van der Waals surface area (Å²) in [4.78, 5) is 2.71. The van der Waals surface area contributed by atoms with Gasteiger partial charge in [-0.2, -0.15) is 11.8 Å². The van der Waals surface area contributed by atoms with Crippen molar-refractivity contribution < 1.29 is 0 Å². The first kappa shape index (κ1) is 14.7. The molecule has 1 heterocycles. The molecule has 1 aliphatic carbocycles. The van der Waals surface area contributed by atoms with Gasteiger partial charge in [0.15, 0.2) is 0 Å². The average Bonchev–Trinajstić information content (AvgIpc) is 2.28. The fourth-order valence-corrected chi connectivity index (χ4v) is 5.07. The van der Waals surface area contributed by atoms with Crippen LogP contribution in [0.25, 0.3) is 0 Å². The Balaban J connectivity index is 1.94. The van der Waals surface area contributed by atoms with Crippen LogP contribution in [-0.2, 0) is 0 Å². The fourth-order valence-electron chi connectivity index (χ4n) is 3.99. The molecule has 3 atom stereocenters. The summed E-state index contributed by atoms with van der Waals surface area (Å²) in [6.07, 6.45) is 4.20. The van der Waals surface area contributed by atoms with E-state index in [0.717, 1.165) is 11.2 Å². The van der Waals surface area contributed by atoms with Crippen molar-refractivity contribution in [2.24, 2.45) is 11.3 Å². The lowest BCUT2D eigenvalue weighted by Gasteiger charge is -2.46. The highest BCUT2D eigenvalue weighted by Crippen LogP contribution is 2.39. The maximum atomic E-state index is 3.61. The predicted octanol–water partition coefficient (Wildman–Crippen LogP) is 2.84. The highest BCUT2D eigenvalue weighted by molar-refractivity contribution is 7.99. The summed E-state index contributed by atoms with van der Waals surface area (Å²) in [7, 11) is 2.15. The van der Waals surface area contributed by atoms with Crippen molar-refractivity contribution in [2.75, 3.05) is 32.4 Å². The van der Waals surface area contributed by atoms with Gasteiger partial charge in [-0.1, -0.05) is 27.2 Å². The summed E-state index contributed by atoms with van der Waals surface area (Å²) in [5.74, 6) is 2.16. The lowest BCUT2D eigenvalue weighted by Crippen LogP contribution is -2.52. The van der Waals surface area contributed by atoms with Gasteiger partial charge in [0.2, 0.25) is 0 Å². The maximum Gasteiger partial charge on any atom is 0.0156 e. The van der Waals surface area contributed by atoms with E-state index in [4.69, 9.17) is 0 Å². The molecule has 0 radical (unpaired) electrons. The second-order valence-corrected chi connectivity index (χ2v) is 8.39. The molecule has 2 rings (SSSR count). The Hall–Kier alpha value is 0.270. The van der Waals surface area contributed by atoms with Crippen molar-refractivity contribution in [2.45, 2.75) is 51.3 Å². The van der Waals surface area contributed by atoms with Crippen LogP contribution < -0.4 is 5.32 Å². The molecule has 1 saturated heterocycles. The lowest BCUT2D eigenvalue weighted by molar-refractivity contribution is 0.0847. The number of hydrogen-bond acceptors (Lipinski definition) is 3. The molecule has 3 unspecified atom stereocenters. The molecule has 1 N–H and O–H groups in total. The van der Waals surface area contributed by atoms with Crippen LogP contribution in [0.1, 0.15) is 40.0 Å². The number of nitrogens with zero attached hydrogens (tertiary/aromatic N) is 1. The van der Waals surface area contributed by atoms with Gasteiger partial charge >= 0.3 is 0 Å². The van der Waals surface area contributed by atoms with Crippen molar-refractivity contribution in [3.63, 3.8) is 0 Å². The van der Waals surface area contributed by atoms with Gasteiger partial charge in [-0.15, -0.1) is 0 Å². The molecule has 0 aromatic rings. The molecule has 2 nitrogen and oxygen atoms in total. The van der Waals surface area contributed by atoms with E-state index >= 15 is 0 Å². The Bertz CT molecular complexity index is 267. The van der Waals surface area contributed by atoms with Crippen LogP contribution >= 0.6 is 11.8 Å². The minimum absolute atomic E-state index is 0.466. The molecule has 0 bridgehead atoms. The third-order valence-electron chi connectivity index (χ3n) is 4.84. The Morgan fingerprint density at radius 2 is 2.17 bits per heavy atom. The molecule has 0 amide bonds. The summed E-state index contributed by atoms with van der Waals surface area (Å²) in [6, 6.07) is 0.691. The molecule has 0 aromatic heterocycles. The number of nitrogens with one attached hydrogen (secondary N) is 1. The van der Waals surface area contributed by atoms with Gasteiger partial charge in [0.1, 0.15) is 0 Å². The first-order valence-corrected chi connectivity index (χ1v) is 8.59. The van der Waals surface area contributed by atoms with Crippen LogP contribution in [0.15, 0.2) is 0 Å². The van der Waals surface area contributed by atoms with E-state index in [9.17, 15) is 0 Å². The second-order valence-electron chi connectivity index (χ2n) is 6.85. The van der Waals surface area contributed by atoms with Gasteiger partial charge in [-0.05, 0) is 31.2 Å². The first-order chi connectivity index (χ1) is 8.53. The highest BCUT2D eigenvalue weighted by Gasteiger charge is 2.38. The van der Waals surface area contributed by atoms with E-state index in [1.807, 2.05) is 0 Å². The standard InChI is InChI=1S/C15H30N2S/c1-12-10-17(8-9-18-12)11-13-6-5-7-15(2,3)14(13)16-4/h12-14,16H,5-11H2,1-4H3. The molecule has 106 valence electrons. The zero-order valence-electron chi connectivity index (χ0n) is 12.5. The fraction of sp³-hybridized carbons (Fsp3) is 1.00. The van der Waals surface area contributed by atoms with Crippen LogP contribution in [-0.4, -0.2) is 48.6 Å². The Morgan fingerprint density at radius 1 is 1.39 bits per heavy atom. The van der Waals surface area contributed by atoms with E-state index in [2.05, 4.69) is 49.8 Å². The summed E-state index contributed by atoms with van der Waals surface area (Å²) in [6.45, 7) is 11.1. The predicted molar refractivity (Wildman–Crippen MR) is 82.3 cm³/mol. The molecular weight excluding hydrogens is 240 g/mol. The summed E-state index contributed by atoms with van der Waals surface area (Å²) in [5, 5.41) is 4.44. The van der Waals surface area contributed by atoms with E-state index in [1.165, 1.54) is 44.6 Å². The van der Waals surface area contributed by atoms with Crippen molar-refractivity contribution in [3.05, 3.63) is 0 Å². The zero-order valence-corrected chi connectivity index (χ0v) is 13.4. The van der Waals surface area contributed by atoms with Gasteiger partial charge in [0.05, 0.1) is 0 Å². The number of rotatable bonds is 3. The van der Waals surface area contributed by atoms with Gasteiger partial charge in [0, 0.05) is 36.7 Å². The summed E-state index contributed by atoms with van der Waals surface area (Å²) < 4.78 is 0. The van der Waals surface area contributed by atoms with Crippen LogP contribution in [0.4, 0.5) is 0 Å². The van der Waals surface area contributed by atoms with Crippen molar-refractivity contribution >= 4 is 11.8 Å². The molecule has 0 spiro atoms. The lowest BCUT2D eigenvalue weighted by atomic mass is 9.68. The van der Waals surface area contributed by atoms with E-state index in [1.54, 1.807) is 0 Å². The molecule has 18 heavy (non-hydrogen) atoms. The normalized spacial score (nSPS) is 37.7. The molecule has 2 fully saturated rings. The molecule has 2 aliphatic rings. The molecule has 1 saturated carbocycles. The largest absolute Gasteiger partial charge is 0.316 e. The topological polar surface area (TPSA) is 15.3 Å². The Morgan fingerprint density at radius 3 is 2.83 bits per heavy atom. The quantitative estimate of drug-likeness (QED) is 0.849. The minimum Gasteiger partial charge on any atom is -0.316 e. The summed E-state index contributed by atoms with van der Waals surface area (Å²) >= 11 is 2.13. The average molecular weight is 270 g/mol. The first-order valence-electron chi connectivity index (χ1n) is 7.54. The third kappa shape index (κ3) is 3.43.